The number of nitrogens with zero attached hydrogens (tertiary/aromatic N) is 3. The molecule has 0 atom stereocenters. The fourth-order valence-corrected chi connectivity index (χ4v) is 3.03. The third-order valence-electron chi connectivity index (χ3n) is 3.62. The van der Waals surface area contributed by atoms with Crippen LogP contribution in [0.2, 0.25) is 0 Å². The Morgan fingerprint density at radius 2 is 2.29 bits per heavy atom. The lowest BCUT2D eigenvalue weighted by atomic mass is 10.3. The van der Waals surface area contributed by atoms with Crippen LogP contribution in [0.1, 0.15) is 37.4 Å². The lowest BCUT2D eigenvalue weighted by Crippen LogP contribution is -2.26. The molecule has 0 amide bonds. The van der Waals surface area contributed by atoms with E-state index in [0.29, 0.717) is 6.04 Å². The Morgan fingerprint density at radius 3 is 3.00 bits per heavy atom. The SMILES string of the molecule is CCCNCc1cncc(N(Cc2ccsc2)C2CC2)n1. The zero-order valence-electron chi connectivity index (χ0n) is 12.5. The summed E-state index contributed by atoms with van der Waals surface area (Å²) in [6.45, 7) is 4.93. The Kier molecular flexibility index (Phi) is 4.83. The zero-order chi connectivity index (χ0) is 14.5. The van der Waals surface area contributed by atoms with E-state index in [2.05, 4.69) is 39.0 Å². The van der Waals surface area contributed by atoms with Crippen LogP contribution >= 0.6 is 11.3 Å². The molecule has 4 nitrogen and oxygen atoms in total. The van der Waals surface area contributed by atoms with Crippen LogP contribution in [0.5, 0.6) is 0 Å². The van der Waals surface area contributed by atoms with E-state index in [4.69, 9.17) is 4.98 Å². The van der Waals surface area contributed by atoms with Crippen LogP contribution in [0.3, 0.4) is 0 Å². The van der Waals surface area contributed by atoms with Gasteiger partial charge in [0.25, 0.3) is 0 Å². The van der Waals surface area contributed by atoms with E-state index in [1.165, 1.54) is 18.4 Å². The molecule has 112 valence electrons. The fourth-order valence-electron chi connectivity index (χ4n) is 2.37. The Morgan fingerprint density at radius 1 is 1.38 bits per heavy atom. The second-order valence-electron chi connectivity index (χ2n) is 5.54. The van der Waals surface area contributed by atoms with Crippen LogP contribution in [0, 0.1) is 0 Å². The van der Waals surface area contributed by atoms with E-state index in [9.17, 15) is 0 Å². The predicted molar refractivity (Wildman–Crippen MR) is 87.6 cm³/mol. The maximum atomic E-state index is 4.79. The van der Waals surface area contributed by atoms with E-state index < -0.39 is 0 Å². The van der Waals surface area contributed by atoms with Crippen LogP contribution in [-0.2, 0) is 13.1 Å². The maximum absolute atomic E-state index is 4.79. The largest absolute Gasteiger partial charge is 0.348 e. The van der Waals surface area contributed by atoms with E-state index in [1.807, 2.05) is 12.4 Å². The number of rotatable bonds is 8. The molecule has 2 heterocycles. The van der Waals surface area contributed by atoms with Crippen molar-refractivity contribution in [2.24, 2.45) is 0 Å². The third kappa shape index (κ3) is 4.02. The van der Waals surface area contributed by atoms with E-state index >= 15 is 0 Å². The van der Waals surface area contributed by atoms with E-state index in [-0.39, 0.29) is 0 Å². The number of aromatic nitrogens is 2. The molecule has 21 heavy (non-hydrogen) atoms. The molecule has 0 unspecified atom stereocenters. The summed E-state index contributed by atoms with van der Waals surface area (Å²) in [6, 6.07) is 2.83. The quantitative estimate of drug-likeness (QED) is 0.760. The highest BCUT2D eigenvalue weighted by molar-refractivity contribution is 7.07. The van der Waals surface area contributed by atoms with Crippen LogP contribution in [0.4, 0.5) is 5.82 Å². The molecule has 2 aromatic heterocycles. The molecule has 1 fully saturated rings. The van der Waals surface area contributed by atoms with Gasteiger partial charge in [0.2, 0.25) is 0 Å². The first-order valence-electron chi connectivity index (χ1n) is 7.66. The Labute approximate surface area is 130 Å². The van der Waals surface area contributed by atoms with Crippen molar-refractivity contribution in [1.82, 2.24) is 15.3 Å². The van der Waals surface area contributed by atoms with Crippen molar-refractivity contribution in [3.05, 3.63) is 40.5 Å². The van der Waals surface area contributed by atoms with Crippen LogP contribution in [-0.4, -0.2) is 22.6 Å². The van der Waals surface area contributed by atoms with Gasteiger partial charge in [-0.15, -0.1) is 0 Å². The topological polar surface area (TPSA) is 41.1 Å². The minimum atomic E-state index is 0.637. The minimum absolute atomic E-state index is 0.637. The first kappa shape index (κ1) is 14.5. The number of thiophene rings is 1. The van der Waals surface area contributed by atoms with E-state index in [1.54, 1.807) is 11.3 Å². The summed E-state index contributed by atoms with van der Waals surface area (Å²) >= 11 is 1.75. The number of nitrogens with one attached hydrogen (secondary N) is 1. The van der Waals surface area contributed by atoms with Gasteiger partial charge in [0.15, 0.2) is 0 Å². The Hall–Kier alpha value is -1.46. The molecule has 1 saturated carbocycles. The highest BCUT2D eigenvalue weighted by Gasteiger charge is 2.30. The van der Waals surface area contributed by atoms with Gasteiger partial charge in [0, 0.05) is 25.3 Å². The van der Waals surface area contributed by atoms with Gasteiger partial charge in [0.1, 0.15) is 5.82 Å². The van der Waals surface area contributed by atoms with Crippen LogP contribution in [0.15, 0.2) is 29.2 Å². The summed E-state index contributed by atoms with van der Waals surface area (Å²) in [4.78, 5) is 11.6. The molecular formula is C16H22N4S. The molecule has 0 radical (unpaired) electrons. The molecule has 0 spiro atoms. The lowest BCUT2D eigenvalue weighted by molar-refractivity contribution is 0.658. The average Bonchev–Trinajstić information content (AvgIpc) is 3.22. The number of anilines is 1. The molecular weight excluding hydrogens is 280 g/mol. The third-order valence-corrected chi connectivity index (χ3v) is 4.35. The lowest BCUT2D eigenvalue weighted by Gasteiger charge is -2.23. The highest BCUT2D eigenvalue weighted by atomic mass is 32.1. The number of hydrogen-bond acceptors (Lipinski definition) is 5. The molecule has 3 rings (SSSR count). The summed E-state index contributed by atoms with van der Waals surface area (Å²) in [7, 11) is 0. The first-order valence-corrected chi connectivity index (χ1v) is 8.60. The van der Waals surface area contributed by atoms with Crippen molar-refractivity contribution in [1.29, 1.82) is 0 Å². The summed E-state index contributed by atoms with van der Waals surface area (Å²) in [5, 5.41) is 7.74. The standard InChI is InChI=1S/C16H22N4S/c1-2-6-17-8-14-9-18-10-16(19-14)20(15-3-4-15)11-13-5-7-21-12-13/h5,7,9-10,12,15,17H,2-4,6,8,11H2,1H3. The predicted octanol–water partition coefficient (Wildman–Crippen LogP) is 3.21. The Balaban J connectivity index is 1.71. The van der Waals surface area contributed by atoms with Crippen molar-refractivity contribution in [2.75, 3.05) is 11.4 Å². The zero-order valence-corrected chi connectivity index (χ0v) is 13.3. The van der Waals surface area contributed by atoms with Crippen molar-refractivity contribution in [3.63, 3.8) is 0 Å². The van der Waals surface area contributed by atoms with Crippen molar-refractivity contribution in [3.8, 4) is 0 Å². The fraction of sp³-hybridized carbons (Fsp3) is 0.500. The first-order chi connectivity index (χ1) is 10.4. The van der Waals surface area contributed by atoms with Gasteiger partial charge in [-0.3, -0.25) is 4.98 Å². The van der Waals surface area contributed by atoms with Gasteiger partial charge in [-0.25, -0.2) is 4.98 Å². The van der Waals surface area contributed by atoms with Crippen molar-refractivity contribution < 1.29 is 0 Å². The van der Waals surface area contributed by atoms with Crippen LogP contribution < -0.4 is 10.2 Å². The van der Waals surface area contributed by atoms with Gasteiger partial charge in [-0.2, -0.15) is 11.3 Å². The van der Waals surface area contributed by atoms with Crippen molar-refractivity contribution in [2.45, 2.75) is 45.3 Å². The molecule has 0 aromatic carbocycles. The summed E-state index contributed by atoms with van der Waals surface area (Å²) < 4.78 is 0. The summed E-state index contributed by atoms with van der Waals surface area (Å²) in [5.74, 6) is 1.01. The molecule has 1 N–H and O–H groups in total. The highest BCUT2D eigenvalue weighted by Crippen LogP contribution is 2.32. The molecule has 1 aliphatic carbocycles. The summed E-state index contributed by atoms with van der Waals surface area (Å²) in [5.41, 5.74) is 2.39. The molecule has 0 saturated heterocycles. The van der Waals surface area contributed by atoms with Gasteiger partial charge >= 0.3 is 0 Å². The second kappa shape index (κ2) is 7.00. The second-order valence-corrected chi connectivity index (χ2v) is 6.32. The van der Waals surface area contributed by atoms with Gasteiger partial charge in [0.05, 0.1) is 11.9 Å². The monoisotopic (exact) mass is 302 g/mol. The van der Waals surface area contributed by atoms with Gasteiger partial charge in [-0.05, 0) is 48.2 Å². The average molecular weight is 302 g/mol. The summed E-state index contributed by atoms with van der Waals surface area (Å²) in [6.07, 6.45) is 7.43. The van der Waals surface area contributed by atoms with Gasteiger partial charge in [-0.1, -0.05) is 6.92 Å². The molecule has 2 aromatic rings. The van der Waals surface area contributed by atoms with Crippen LogP contribution in [0.25, 0.3) is 0 Å². The normalized spacial score (nSPS) is 14.3. The molecule has 0 bridgehead atoms. The smallest absolute Gasteiger partial charge is 0.148 e. The van der Waals surface area contributed by atoms with E-state index in [0.717, 1.165) is 37.6 Å². The molecule has 5 heteroatoms. The Bertz CT molecular complexity index is 551. The number of hydrogen-bond donors (Lipinski definition) is 1. The van der Waals surface area contributed by atoms with Gasteiger partial charge < -0.3 is 10.2 Å². The molecule has 0 aliphatic heterocycles. The molecule has 1 aliphatic rings. The van der Waals surface area contributed by atoms with Crippen molar-refractivity contribution >= 4 is 17.2 Å². The minimum Gasteiger partial charge on any atom is -0.348 e. The maximum Gasteiger partial charge on any atom is 0.148 e.